The van der Waals surface area contributed by atoms with E-state index in [9.17, 15) is 13.6 Å². The molecule has 1 aromatic carbocycles. The smallest absolute Gasteiger partial charge is 0.321 e. The van der Waals surface area contributed by atoms with Crippen LogP contribution in [-0.4, -0.2) is 42.1 Å². The third-order valence-corrected chi connectivity index (χ3v) is 4.20. The molecule has 8 heteroatoms. The Morgan fingerprint density at radius 3 is 2.41 bits per heavy atom. The zero-order valence-corrected chi connectivity index (χ0v) is 12.4. The summed E-state index contributed by atoms with van der Waals surface area (Å²) in [4.78, 5) is 20.1. The maximum Gasteiger partial charge on any atom is 0.321 e. The largest absolute Gasteiger partial charge is 0.345 e. The van der Waals surface area contributed by atoms with Crippen molar-refractivity contribution >= 4 is 28.2 Å². The number of thiazole rings is 1. The molecule has 1 fully saturated rings. The normalized spacial score (nSPS) is 15.0. The Bertz CT molecular complexity index is 637. The molecule has 22 heavy (non-hydrogen) atoms. The number of urea groups is 1. The van der Waals surface area contributed by atoms with Gasteiger partial charge in [-0.25, -0.2) is 18.6 Å². The number of rotatable bonds is 2. The quantitative estimate of drug-likeness (QED) is 0.924. The van der Waals surface area contributed by atoms with Crippen molar-refractivity contribution in [3.05, 3.63) is 41.4 Å². The van der Waals surface area contributed by atoms with E-state index in [1.807, 2.05) is 5.38 Å². The lowest BCUT2D eigenvalue weighted by Gasteiger charge is -2.34. The Labute approximate surface area is 130 Å². The van der Waals surface area contributed by atoms with Crippen LogP contribution in [-0.2, 0) is 0 Å². The second kappa shape index (κ2) is 6.27. The van der Waals surface area contributed by atoms with Crippen molar-refractivity contribution in [3.8, 4) is 0 Å². The predicted molar refractivity (Wildman–Crippen MR) is 81.3 cm³/mol. The number of benzene rings is 1. The molecule has 1 saturated heterocycles. The molecule has 0 aliphatic carbocycles. The van der Waals surface area contributed by atoms with Crippen molar-refractivity contribution in [1.82, 2.24) is 9.88 Å². The molecule has 5 nitrogen and oxygen atoms in total. The molecule has 2 aromatic rings. The van der Waals surface area contributed by atoms with Crippen LogP contribution >= 0.6 is 11.3 Å². The number of piperazine rings is 1. The lowest BCUT2D eigenvalue weighted by atomic mass is 10.3. The Hall–Kier alpha value is -2.22. The Morgan fingerprint density at radius 1 is 1.14 bits per heavy atom. The number of halogens is 2. The van der Waals surface area contributed by atoms with Crippen molar-refractivity contribution in [1.29, 1.82) is 0 Å². The van der Waals surface area contributed by atoms with Gasteiger partial charge in [-0.2, -0.15) is 0 Å². The van der Waals surface area contributed by atoms with E-state index in [4.69, 9.17) is 0 Å². The molecule has 0 bridgehead atoms. The summed E-state index contributed by atoms with van der Waals surface area (Å²) in [6, 6.07) is 2.59. The number of nitrogens with zero attached hydrogens (tertiary/aromatic N) is 3. The number of carbonyl (C=O) groups is 1. The van der Waals surface area contributed by atoms with Gasteiger partial charge in [0.15, 0.2) is 5.13 Å². The molecule has 0 saturated carbocycles. The van der Waals surface area contributed by atoms with E-state index >= 15 is 0 Å². The minimum absolute atomic E-state index is 0.116. The first kappa shape index (κ1) is 14.7. The van der Waals surface area contributed by atoms with Gasteiger partial charge in [-0.15, -0.1) is 11.3 Å². The predicted octanol–water partition coefficient (Wildman–Crippen LogP) is 2.78. The summed E-state index contributed by atoms with van der Waals surface area (Å²) < 4.78 is 26.2. The summed E-state index contributed by atoms with van der Waals surface area (Å²) in [5.74, 6) is -1.44. The Morgan fingerprint density at radius 2 is 1.82 bits per heavy atom. The highest BCUT2D eigenvalue weighted by molar-refractivity contribution is 7.13. The third-order valence-electron chi connectivity index (χ3n) is 3.37. The van der Waals surface area contributed by atoms with Crippen LogP contribution in [0.4, 0.5) is 24.4 Å². The van der Waals surface area contributed by atoms with Crippen LogP contribution < -0.4 is 10.2 Å². The van der Waals surface area contributed by atoms with Crippen molar-refractivity contribution in [2.24, 2.45) is 0 Å². The lowest BCUT2D eigenvalue weighted by molar-refractivity contribution is 0.208. The fraction of sp³-hybridized carbons (Fsp3) is 0.286. The van der Waals surface area contributed by atoms with Gasteiger partial charge in [0.05, 0.1) is 0 Å². The monoisotopic (exact) mass is 324 g/mol. The van der Waals surface area contributed by atoms with Crippen LogP contribution in [0, 0.1) is 11.6 Å². The molecule has 2 amide bonds. The zero-order chi connectivity index (χ0) is 15.5. The number of anilines is 2. The van der Waals surface area contributed by atoms with E-state index in [2.05, 4.69) is 15.2 Å². The van der Waals surface area contributed by atoms with Gasteiger partial charge in [-0.05, 0) is 12.1 Å². The van der Waals surface area contributed by atoms with E-state index < -0.39 is 11.6 Å². The van der Waals surface area contributed by atoms with Gasteiger partial charge in [-0.1, -0.05) is 0 Å². The minimum atomic E-state index is -0.719. The highest BCUT2D eigenvalue weighted by Crippen LogP contribution is 2.19. The van der Waals surface area contributed by atoms with Gasteiger partial charge in [-0.3, -0.25) is 0 Å². The summed E-state index contributed by atoms with van der Waals surface area (Å²) in [5, 5.41) is 5.37. The second-order valence-corrected chi connectivity index (χ2v) is 5.75. The molecule has 0 unspecified atom stereocenters. The highest BCUT2D eigenvalue weighted by Gasteiger charge is 2.22. The molecule has 0 radical (unpaired) electrons. The molecule has 1 aliphatic heterocycles. The van der Waals surface area contributed by atoms with Crippen molar-refractivity contribution in [3.63, 3.8) is 0 Å². The number of hydrogen-bond acceptors (Lipinski definition) is 4. The van der Waals surface area contributed by atoms with Gasteiger partial charge in [0.2, 0.25) is 0 Å². The average molecular weight is 324 g/mol. The average Bonchev–Trinajstić information content (AvgIpc) is 3.00. The summed E-state index contributed by atoms with van der Waals surface area (Å²) in [7, 11) is 0. The lowest BCUT2D eigenvalue weighted by Crippen LogP contribution is -2.50. The molecular weight excluding hydrogens is 310 g/mol. The maximum absolute atomic E-state index is 13.1. The number of amides is 2. The van der Waals surface area contributed by atoms with E-state index in [-0.39, 0.29) is 11.7 Å². The van der Waals surface area contributed by atoms with Crippen LogP contribution in [0.25, 0.3) is 0 Å². The first-order chi connectivity index (χ1) is 10.6. The van der Waals surface area contributed by atoms with Crippen molar-refractivity contribution in [2.75, 3.05) is 36.4 Å². The van der Waals surface area contributed by atoms with Gasteiger partial charge >= 0.3 is 6.03 Å². The van der Waals surface area contributed by atoms with Crippen LogP contribution in [0.15, 0.2) is 29.8 Å². The third kappa shape index (κ3) is 3.33. The van der Waals surface area contributed by atoms with E-state index in [1.165, 1.54) is 0 Å². The molecule has 0 spiro atoms. The molecule has 116 valence electrons. The van der Waals surface area contributed by atoms with Gasteiger partial charge < -0.3 is 15.1 Å². The molecular formula is C14H14F2N4OS. The first-order valence-corrected chi connectivity index (χ1v) is 7.66. The SMILES string of the molecule is O=C(Nc1cc(F)cc(F)c1)N1CCN(c2nccs2)CC1. The number of aromatic nitrogens is 1. The minimum Gasteiger partial charge on any atom is -0.345 e. The first-order valence-electron chi connectivity index (χ1n) is 6.78. The molecule has 1 aromatic heterocycles. The summed E-state index contributed by atoms with van der Waals surface area (Å²) in [5.41, 5.74) is 0.116. The van der Waals surface area contributed by atoms with Crippen LogP contribution in [0.2, 0.25) is 0 Å². The summed E-state index contributed by atoms with van der Waals surface area (Å²) >= 11 is 1.56. The number of carbonyl (C=O) groups excluding carboxylic acids is 1. The summed E-state index contributed by atoms with van der Waals surface area (Å²) in [6.07, 6.45) is 1.75. The molecule has 3 rings (SSSR count). The van der Waals surface area contributed by atoms with Crippen molar-refractivity contribution in [2.45, 2.75) is 0 Å². The Balaban J connectivity index is 1.58. The zero-order valence-electron chi connectivity index (χ0n) is 11.6. The molecule has 1 N–H and O–H groups in total. The van der Waals surface area contributed by atoms with Crippen LogP contribution in [0.5, 0.6) is 0 Å². The number of nitrogens with one attached hydrogen (secondary N) is 1. The van der Waals surface area contributed by atoms with Crippen LogP contribution in [0.1, 0.15) is 0 Å². The fourth-order valence-electron chi connectivity index (χ4n) is 2.30. The van der Waals surface area contributed by atoms with Crippen LogP contribution in [0.3, 0.4) is 0 Å². The van der Waals surface area contributed by atoms with Gasteiger partial charge in [0.25, 0.3) is 0 Å². The number of hydrogen-bond donors (Lipinski definition) is 1. The topological polar surface area (TPSA) is 48.5 Å². The van der Waals surface area contributed by atoms with Crippen molar-refractivity contribution < 1.29 is 13.6 Å². The van der Waals surface area contributed by atoms with Gasteiger partial charge in [0, 0.05) is 49.5 Å². The van der Waals surface area contributed by atoms with E-state index in [0.717, 1.165) is 23.3 Å². The molecule has 2 heterocycles. The molecule has 0 atom stereocenters. The van der Waals surface area contributed by atoms with E-state index in [0.29, 0.717) is 26.2 Å². The highest BCUT2D eigenvalue weighted by atomic mass is 32.1. The van der Waals surface area contributed by atoms with E-state index in [1.54, 1.807) is 22.4 Å². The standard InChI is InChI=1S/C14H14F2N4OS/c15-10-7-11(16)9-12(8-10)18-13(21)19-2-4-20(5-3-19)14-17-1-6-22-14/h1,6-9H,2-5H2,(H,18,21). The van der Waals surface area contributed by atoms with Gasteiger partial charge in [0.1, 0.15) is 11.6 Å². The second-order valence-electron chi connectivity index (χ2n) is 4.88. The summed E-state index contributed by atoms with van der Waals surface area (Å²) in [6.45, 7) is 2.42. The fourth-order valence-corrected chi connectivity index (χ4v) is 3.00. The molecule has 1 aliphatic rings. The maximum atomic E-state index is 13.1. The Kier molecular flexibility index (Phi) is 4.19.